The summed E-state index contributed by atoms with van der Waals surface area (Å²) in [5, 5.41) is 0. The number of rotatable bonds is 38. The van der Waals surface area contributed by atoms with Crippen LogP contribution in [-0.2, 0) is 4.74 Å². The average Bonchev–Trinajstić information content (AvgIpc) is 3.04. The molecule has 0 radical (unpaired) electrons. The van der Waals surface area contributed by atoms with Crippen molar-refractivity contribution < 1.29 is 4.74 Å². The first-order valence-electron chi connectivity index (χ1n) is 21.7. The molecule has 0 heterocycles. The van der Waals surface area contributed by atoms with E-state index in [9.17, 15) is 0 Å². The van der Waals surface area contributed by atoms with Crippen LogP contribution in [0.1, 0.15) is 273 Å². The van der Waals surface area contributed by atoms with Gasteiger partial charge in [0.2, 0.25) is 0 Å². The molecule has 2 unspecified atom stereocenters. The van der Waals surface area contributed by atoms with Gasteiger partial charge in [-0.3, -0.25) is 0 Å². The zero-order valence-corrected chi connectivity index (χ0v) is 32.9. The van der Waals surface area contributed by atoms with Gasteiger partial charge < -0.3 is 4.74 Å². The van der Waals surface area contributed by atoms with E-state index in [1.54, 1.807) is 0 Å². The Morgan fingerprint density at radius 2 is 0.444 bits per heavy atom. The molecule has 0 saturated carbocycles. The van der Waals surface area contributed by atoms with Crippen molar-refractivity contribution in [3.8, 4) is 0 Å². The van der Waals surface area contributed by atoms with E-state index in [-0.39, 0.29) is 11.2 Å². The molecule has 0 aliphatic heterocycles. The summed E-state index contributed by atoms with van der Waals surface area (Å²) in [6.07, 6.45) is 50.8. The number of hydrogen-bond donors (Lipinski definition) is 0. The van der Waals surface area contributed by atoms with E-state index < -0.39 is 0 Å². The SMILES string of the molecule is CCCCCCCCCCCCCCCCCCC(C)(CC)OC(C)(CC)CCCCCCCCCCCCCCCCCC. The van der Waals surface area contributed by atoms with Crippen molar-refractivity contribution >= 4 is 0 Å². The van der Waals surface area contributed by atoms with E-state index in [0.717, 1.165) is 12.8 Å². The van der Waals surface area contributed by atoms with Crippen molar-refractivity contribution in [1.82, 2.24) is 0 Å². The van der Waals surface area contributed by atoms with Crippen molar-refractivity contribution in [1.29, 1.82) is 0 Å². The number of unbranched alkanes of at least 4 members (excludes halogenated alkanes) is 30. The molecule has 0 N–H and O–H groups in total. The molecule has 0 rings (SSSR count). The van der Waals surface area contributed by atoms with Crippen molar-refractivity contribution in [3.63, 3.8) is 0 Å². The van der Waals surface area contributed by atoms with Crippen LogP contribution in [0.2, 0.25) is 0 Å². The van der Waals surface area contributed by atoms with Gasteiger partial charge in [0.15, 0.2) is 0 Å². The molecule has 45 heavy (non-hydrogen) atoms. The summed E-state index contributed by atoms with van der Waals surface area (Å²) < 4.78 is 6.97. The molecular weight excluding hydrogens is 544 g/mol. The van der Waals surface area contributed by atoms with E-state index in [2.05, 4.69) is 41.5 Å². The molecule has 0 aromatic heterocycles. The third-order valence-electron chi connectivity index (χ3n) is 11.1. The van der Waals surface area contributed by atoms with Gasteiger partial charge in [-0.2, -0.15) is 0 Å². The Morgan fingerprint density at radius 1 is 0.267 bits per heavy atom. The molecule has 0 spiro atoms. The lowest BCUT2D eigenvalue weighted by molar-refractivity contribution is -0.152. The van der Waals surface area contributed by atoms with Crippen LogP contribution in [0.5, 0.6) is 0 Å². The molecule has 272 valence electrons. The Hall–Kier alpha value is -0.0400. The normalized spacial score (nSPS) is 14.5. The molecule has 1 heteroatoms. The van der Waals surface area contributed by atoms with Crippen LogP contribution in [0.25, 0.3) is 0 Å². The van der Waals surface area contributed by atoms with Gasteiger partial charge in [0.1, 0.15) is 0 Å². The summed E-state index contributed by atoms with van der Waals surface area (Å²) in [5.41, 5.74) is 0.103. The van der Waals surface area contributed by atoms with Crippen LogP contribution in [0.3, 0.4) is 0 Å². The average molecular weight is 635 g/mol. The van der Waals surface area contributed by atoms with E-state index in [0.29, 0.717) is 0 Å². The van der Waals surface area contributed by atoms with Crippen molar-refractivity contribution in [3.05, 3.63) is 0 Å². The third-order valence-corrected chi connectivity index (χ3v) is 11.1. The maximum absolute atomic E-state index is 6.97. The lowest BCUT2D eigenvalue weighted by Gasteiger charge is -2.40. The number of ether oxygens (including phenoxy) is 1. The topological polar surface area (TPSA) is 9.23 Å². The second-order valence-electron chi connectivity index (χ2n) is 15.8. The highest BCUT2D eigenvalue weighted by Gasteiger charge is 2.33. The van der Waals surface area contributed by atoms with Gasteiger partial charge in [-0.1, -0.05) is 233 Å². The third kappa shape index (κ3) is 31.0. The largest absolute Gasteiger partial charge is 0.369 e. The summed E-state index contributed by atoms with van der Waals surface area (Å²) in [7, 11) is 0. The fraction of sp³-hybridized carbons (Fsp3) is 1.00. The Balaban J connectivity index is 3.75. The fourth-order valence-corrected chi connectivity index (χ4v) is 7.29. The minimum Gasteiger partial charge on any atom is -0.369 e. The van der Waals surface area contributed by atoms with Crippen LogP contribution in [0.4, 0.5) is 0 Å². The molecule has 1 nitrogen and oxygen atoms in total. The first kappa shape index (κ1) is 45.0. The maximum atomic E-state index is 6.97. The molecule has 2 atom stereocenters. The van der Waals surface area contributed by atoms with E-state index in [1.807, 2.05) is 0 Å². The second kappa shape index (κ2) is 33.8. The summed E-state index contributed by atoms with van der Waals surface area (Å²) in [6.45, 7) is 14.1. The highest BCUT2D eigenvalue weighted by atomic mass is 16.5. The summed E-state index contributed by atoms with van der Waals surface area (Å²) >= 11 is 0. The molecule has 0 aliphatic rings. The Bertz CT molecular complexity index is 509. The maximum Gasteiger partial charge on any atom is 0.0659 e. The predicted molar refractivity (Wildman–Crippen MR) is 207 cm³/mol. The van der Waals surface area contributed by atoms with Crippen LogP contribution in [-0.4, -0.2) is 11.2 Å². The number of hydrogen-bond acceptors (Lipinski definition) is 1. The summed E-state index contributed by atoms with van der Waals surface area (Å²) in [5.74, 6) is 0. The van der Waals surface area contributed by atoms with Gasteiger partial charge >= 0.3 is 0 Å². The van der Waals surface area contributed by atoms with Gasteiger partial charge in [-0.15, -0.1) is 0 Å². The monoisotopic (exact) mass is 635 g/mol. The smallest absolute Gasteiger partial charge is 0.0659 e. The lowest BCUT2D eigenvalue weighted by Crippen LogP contribution is -2.40. The van der Waals surface area contributed by atoms with E-state index in [4.69, 9.17) is 4.74 Å². The quantitative estimate of drug-likeness (QED) is 0.0614. The van der Waals surface area contributed by atoms with Gasteiger partial charge in [-0.25, -0.2) is 0 Å². The van der Waals surface area contributed by atoms with E-state index in [1.165, 1.54) is 218 Å². The molecule has 0 aliphatic carbocycles. The highest BCUT2D eigenvalue weighted by molar-refractivity contribution is 4.82. The zero-order chi connectivity index (χ0) is 33.2. The molecule has 0 bridgehead atoms. The van der Waals surface area contributed by atoms with Crippen molar-refractivity contribution in [2.45, 2.75) is 284 Å². The first-order chi connectivity index (χ1) is 21.9. The van der Waals surface area contributed by atoms with Gasteiger partial charge in [0, 0.05) is 0 Å². The molecule has 0 aromatic carbocycles. The van der Waals surface area contributed by atoms with Crippen LogP contribution < -0.4 is 0 Å². The van der Waals surface area contributed by atoms with Crippen molar-refractivity contribution in [2.75, 3.05) is 0 Å². The van der Waals surface area contributed by atoms with Gasteiger partial charge in [0.25, 0.3) is 0 Å². The lowest BCUT2D eigenvalue weighted by atomic mass is 9.89. The molecule has 0 saturated heterocycles. The summed E-state index contributed by atoms with van der Waals surface area (Å²) in [6, 6.07) is 0. The first-order valence-corrected chi connectivity index (χ1v) is 21.7. The highest BCUT2D eigenvalue weighted by Crippen LogP contribution is 2.34. The minimum atomic E-state index is 0.0514. The Morgan fingerprint density at radius 3 is 0.622 bits per heavy atom. The van der Waals surface area contributed by atoms with Gasteiger partial charge in [0.05, 0.1) is 11.2 Å². The standard InChI is InChI=1S/C44H90O/c1-7-11-13-15-17-19-21-23-25-27-29-31-33-35-37-39-41-43(5,9-3)45-44(6,10-4)42-40-38-36-34-32-30-28-26-24-22-20-18-16-14-12-8-2/h7-42H2,1-6H3. The molecule has 0 fully saturated rings. The summed E-state index contributed by atoms with van der Waals surface area (Å²) in [4.78, 5) is 0. The fourth-order valence-electron chi connectivity index (χ4n) is 7.29. The van der Waals surface area contributed by atoms with Crippen LogP contribution in [0.15, 0.2) is 0 Å². The minimum absolute atomic E-state index is 0.0514. The Labute approximate surface area is 288 Å². The zero-order valence-electron chi connectivity index (χ0n) is 32.9. The molecular formula is C44H90O. The van der Waals surface area contributed by atoms with Crippen molar-refractivity contribution in [2.24, 2.45) is 0 Å². The van der Waals surface area contributed by atoms with Gasteiger partial charge in [-0.05, 0) is 39.5 Å². The second-order valence-corrected chi connectivity index (χ2v) is 15.8. The predicted octanol–water partition coefficient (Wildman–Crippen LogP) is 16.6. The molecule has 0 amide bonds. The van der Waals surface area contributed by atoms with Crippen LogP contribution >= 0.6 is 0 Å². The molecule has 0 aromatic rings. The van der Waals surface area contributed by atoms with Crippen LogP contribution in [0, 0.1) is 0 Å². The van der Waals surface area contributed by atoms with E-state index >= 15 is 0 Å². The Kier molecular flexibility index (Phi) is 33.8.